The van der Waals surface area contributed by atoms with Gasteiger partial charge in [-0.1, -0.05) is 20.8 Å². The molecule has 10 heteroatoms. The number of imidazole rings is 1. The Morgan fingerprint density at radius 1 is 1.31 bits per heavy atom. The molecule has 1 fully saturated rings. The minimum Gasteiger partial charge on any atom is -0.408 e. The lowest BCUT2D eigenvalue weighted by molar-refractivity contribution is -0.0506. The highest BCUT2D eigenvalue weighted by atomic mass is 28.4. The maximum Gasteiger partial charge on any atom is 0.192 e. The third kappa shape index (κ3) is 3.12. The van der Waals surface area contributed by atoms with Crippen LogP contribution in [0.2, 0.25) is 18.1 Å². The van der Waals surface area contributed by atoms with E-state index in [2.05, 4.69) is 48.8 Å². The molecule has 1 saturated heterocycles. The van der Waals surface area contributed by atoms with E-state index >= 15 is 0 Å². The van der Waals surface area contributed by atoms with Crippen LogP contribution in [0, 0.1) is 0 Å². The summed E-state index contributed by atoms with van der Waals surface area (Å²) in [5, 5.41) is 20.6. The Balaban J connectivity index is 1.92. The number of aliphatic hydroxyl groups excluding tert-OH is 2. The minimum atomic E-state index is -2.17. The topological polar surface area (TPSA) is 129 Å². The van der Waals surface area contributed by atoms with E-state index in [0.29, 0.717) is 11.2 Å². The summed E-state index contributed by atoms with van der Waals surface area (Å²) in [6, 6.07) is 0. The zero-order valence-corrected chi connectivity index (χ0v) is 16.7. The fraction of sp³-hybridized carbons (Fsp3) is 0.688. The highest BCUT2D eigenvalue weighted by Crippen LogP contribution is 2.41. The molecule has 4 N–H and O–H groups in total. The Morgan fingerprint density at radius 2 is 2.00 bits per heavy atom. The Hall–Kier alpha value is -1.59. The molecule has 3 rings (SSSR count). The van der Waals surface area contributed by atoms with E-state index in [1.807, 2.05) is 0 Å². The molecule has 144 valence electrons. The first-order chi connectivity index (χ1) is 12.1. The SMILES string of the molecule is CC(C)(C)[Si](C)(C)OC1C(CO)OC(n2cnc3c(N)ncnc32)C1O. The zero-order valence-electron chi connectivity index (χ0n) is 15.7. The second kappa shape index (κ2) is 6.53. The quantitative estimate of drug-likeness (QED) is 0.670. The Morgan fingerprint density at radius 3 is 2.62 bits per heavy atom. The van der Waals surface area contributed by atoms with Crippen molar-refractivity contribution in [2.45, 2.75) is 63.4 Å². The zero-order chi connectivity index (χ0) is 19.3. The van der Waals surface area contributed by atoms with Gasteiger partial charge in [-0.15, -0.1) is 0 Å². The van der Waals surface area contributed by atoms with Gasteiger partial charge in [0.15, 0.2) is 26.0 Å². The molecule has 4 atom stereocenters. The van der Waals surface area contributed by atoms with E-state index in [9.17, 15) is 10.2 Å². The van der Waals surface area contributed by atoms with Gasteiger partial charge in [-0.3, -0.25) is 4.57 Å². The van der Waals surface area contributed by atoms with Gasteiger partial charge in [-0.25, -0.2) is 15.0 Å². The molecule has 0 aliphatic carbocycles. The van der Waals surface area contributed by atoms with Crippen molar-refractivity contribution in [3.8, 4) is 0 Å². The molecule has 3 heterocycles. The summed E-state index contributed by atoms with van der Waals surface area (Å²) < 4.78 is 13.9. The molecule has 0 amide bonds. The fourth-order valence-electron chi connectivity index (χ4n) is 2.82. The number of nitrogen functional groups attached to an aromatic ring is 1. The van der Waals surface area contributed by atoms with Crippen molar-refractivity contribution in [3.63, 3.8) is 0 Å². The minimum absolute atomic E-state index is 0.0335. The second-order valence-corrected chi connectivity index (χ2v) is 12.9. The summed E-state index contributed by atoms with van der Waals surface area (Å²) in [4.78, 5) is 12.3. The number of anilines is 1. The number of hydrogen-bond acceptors (Lipinski definition) is 8. The van der Waals surface area contributed by atoms with E-state index in [1.54, 1.807) is 4.57 Å². The van der Waals surface area contributed by atoms with Gasteiger partial charge in [0.25, 0.3) is 0 Å². The van der Waals surface area contributed by atoms with Crippen LogP contribution in [0.15, 0.2) is 12.7 Å². The molecule has 2 aromatic heterocycles. The number of rotatable bonds is 4. The molecule has 1 aliphatic rings. The predicted octanol–water partition coefficient (Wildman–Crippen LogP) is 1.05. The standard InChI is InChI=1S/C16H27N5O4Si/c1-16(2,3)26(4,5)25-12-9(6-22)24-15(11(12)23)21-8-20-10-13(17)18-7-19-14(10)21/h7-9,11-12,15,22-23H,6H2,1-5H3,(H2,17,18,19). The van der Waals surface area contributed by atoms with Crippen LogP contribution in [0.1, 0.15) is 27.0 Å². The number of ether oxygens (including phenoxy) is 1. The van der Waals surface area contributed by atoms with Crippen LogP contribution in [0.4, 0.5) is 5.82 Å². The van der Waals surface area contributed by atoms with Crippen LogP contribution < -0.4 is 5.73 Å². The summed E-state index contributed by atoms with van der Waals surface area (Å²) in [5.74, 6) is 0.258. The first-order valence-corrected chi connectivity index (χ1v) is 11.5. The van der Waals surface area contributed by atoms with Gasteiger partial charge in [0.2, 0.25) is 0 Å². The van der Waals surface area contributed by atoms with Gasteiger partial charge in [-0.2, -0.15) is 0 Å². The van der Waals surface area contributed by atoms with Crippen LogP contribution in [0.3, 0.4) is 0 Å². The van der Waals surface area contributed by atoms with Crippen molar-refractivity contribution in [2.24, 2.45) is 0 Å². The number of aromatic nitrogens is 4. The third-order valence-electron chi connectivity index (χ3n) is 5.39. The van der Waals surface area contributed by atoms with Gasteiger partial charge in [0, 0.05) is 0 Å². The van der Waals surface area contributed by atoms with E-state index < -0.39 is 32.9 Å². The van der Waals surface area contributed by atoms with E-state index in [0.717, 1.165) is 0 Å². The molecular formula is C16H27N5O4Si. The number of nitrogens with zero attached hydrogens (tertiary/aromatic N) is 4. The Bertz CT molecular complexity index is 791. The van der Waals surface area contributed by atoms with Crippen molar-refractivity contribution >= 4 is 25.3 Å². The Kier molecular flexibility index (Phi) is 4.82. The second-order valence-electron chi connectivity index (χ2n) is 8.16. The van der Waals surface area contributed by atoms with Crippen LogP contribution in [-0.2, 0) is 9.16 Å². The summed E-state index contributed by atoms with van der Waals surface area (Å²) in [6.45, 7) is 10.3. The van der Waals surface area contributed by atoms with Crippen molar-refractivity contribution in [3.05, 3.63) is 12.7 Å². The highest BCUT2D eigenvalue weighted by molar-refractivity contribution is 6.74. The lowest BCUT2D eigenvalue weighted by atomic mass is 10.1. The lowest BCUT2D eigenvalue weighted by Gasteiger charge is -2.39. The van der Waals surface area contributed by atoms with Gasteiger partial charge >= 0.3 is 0 Å². The highest BCUT2D eigenvalue weighted by Gasteiger charge is 2.50. The lowest BCUT2D eigenvalue weighted by Crippen LogP contribution is -2.49. The summed E-state index contributed by atoms with van der Waals surface area (Å²) in [5.41, 5.74) is 6.73. The molecule has 1 aliphatic heterocycles. The van der Waals surface area contributed by atoms with Gasteiger partial charge in [0.05, 0.1) is 12.9 Å². The van der Waals surface area contributed by atoms with Crippen molar-refractivity contribution in [1.29, 1.82) is 0 Å². The Labute approximate surface area is 153 Å². The maximum atomic E-state index is 10.9. The molecular weight excluding hydrogens is 354 g/mol. The van der Waals surface area contributed by atoms with E-state index in [1.165, 1.54) is 12.7 Å². The predicted molar refractivity (Wildman–Crippen MR) is 98.8 cm³/mol. The van der Waals surface area contributed by atoms with Crippen molar-refractivity contribution in [1.82, 2.24) is 19.5 Å². The molecule has 2 aromatic rings. The van der Waals surface area contributed by atoms with Crippen LogP contribution in [-0.4, -0.2) is 63.0 Å². The molecule has 0 aromatic carbocycles. The van der Waals surface area contributed by atoms with Crippen molar-refractivity contribution < 1.29 is 19.4 Å². The maximum absolute atomic E-state index is 10.9. The molecule has 26 heavy (non-hydrogen) atoms. The number of hydrogen-bond donors (Lipinski definition) is 3. The molecule has 0 radical (unpaired) electrons. The summed E-state index contributed by atoms with van der Waals surface area (Å²) in [7, 11) is -2.17. The first-order valence-electron chi connectivity index (χ1n) is 8.62. The van der Waals surface area contributed by atoms with E-state index in [4.69, 9.17) is 14.9 Å². The van der Waals surface area contributed by atoms with Crippen LogP contribution >= 0.6 is 0 Å². The number of aliphatic hydroxyl groups is 2. The molecule has 0 bridgehead atoms. The first kappa shape index (κ1) is 19.2. The molecule has 4 unspecified atom stereocenters. The average molecular weight is 382 g/mol. The molecule has 0 spiro atoms. The molecule has 9 nitrogen and oxygen atoms in total. The monoisotopic (exact) mass is 381 g/mol. The normalized spacial score (nSPS) is 27.3. The summed E-state index contributed by atoms with van der Waals surface area (Å²) in [6.07, 6.45) is -0.184. The average Bonchev–Trinajstić information content (AvgIpc) is 3.09. The van der Waals surface area contributed by atoms with Gasteiger partial charge in [-0.05, 0) is 18.1 Å². The smallest absolute Gasteiger partial charge is 0.192 e. The van der Waals surface area contributed by atoms with Gasteiger partial charge in [0.1, 0.15) is 30.2 Å². The fourth-order valence-corrected chi connectivity index (χ4v) is 4.14. The van der Waals surface area contributed by atoms with Crippen LogP contribution in [0.5, 0.6) is 0 Å². The molecule has 0 saturated carbocycles. The van der Waals surface area contributed by atoms with Gasteiger partial charge < -0.3 is 25.1 Å². The summed E-state index contributed by atoms with van der Waals surface area (Å²) >= 11 is 0. The largest absolute Gasteiger partial charge is 0.408 e. The van der Waals surface area contributed by atoms with Crippen molar-refractivity contribution in [2.75, 3.05) is 12.3 Å². The third-order valence-corrected chi connectivity index (χ3v) is 9.86. The van der Waals surface area contributed by atoms with E-state index in [-0.39, 0.29) is 17.5 Å². The number of fused-ring (bicyclic) bond motifs is 1. The van der Waals surface area contributed by atoms with Crippen LogP contribution in [0.25, 0.3) is 11.2 Å². The number of nitrogens with two attached hydrogens (primary N) is 1.